The van der Waals surface area contributed by atoms with Gasteiger partial charge in [0.15, 0.2) is 0 Å². The molecular formula is C22H23F2N3O3S. The van der Waals surface area contributed by atoms with Gasteiger partial charge in [-0.3, -0.25) is 4.90 Å². The largest absolute Gasteiger partial charge is 0.441 e. The maximum absolute atomic E-state index is 14.0. The molecule has 0 atom stereocenters. The summed E-state index contributed by atoms with van der Waals surface area (Å²) >= 11 is 0. The van der Waals surface area contributed by atoms with E-state index < -0.39 is 26.6 Å². The van der Waals surface area contributed by atoms with E-state index in [1.54, 1.807) is 0 Å². The molecule has 3 aromatic rings. The van der Waals surface area contributed by atoms with Crippen LogP contribution in [0.5, 0.6) is 0 Å². The van der Waals surface area contributed by atoms with E-state index in [0.29, 0.717) is 31.3 Å². The zero-order chi connectivity index (χ0) is 22.2. The number of piperazine rings is 1. The minimum atomic E-state index is -4.10. The molecule has 2 aromatic carbocycles. The minimum absolute atomic E-state index is 0.181. The van der Waals surface area contributed by atoms with Crippen molar-refractivity contribution < 1.29 is 21.6 Å². The molecule has 1 aliphatic rings. The zero-order valence-electron chi connectivity index (χ0n) is 17.3. The lowest BCUT2D eigenvalue weighted by molar-refractivity contribution is 0.179. The number of hydrogen-bond donors (Lipinski definition) is 0. The third-order valence-corrected chi connectivity index (χ3v) is 7.32. The van der Waals surface area contributed by atoms with Gasteiger partial charge in [-0.1, -0.05) is 17.7 Å². The second kappa shape index (κ2) is 8.49. The highest BCUT2D eigenvalue weighted by Gasteiger charge is 2.31. The summed E-state index contributed by atoms with van der Waals surface area (Å²) in [6.45, 7) is 5.64. The molecule has 4 rings (SSSR count). The molecule has 0 aliphatic carbocycles. The molecule has 9 heteroatoms. The van der Waals surface area contributed by atoms with Crippen LogP contribution in [0.4, 0.5) is 8.78 Å². The summed E-state index contributed by atoms with van der Waals surface area (Å²) in [6, 6.07) is 10.4. The van der Waals surface area contributed by atoms with E-state index in [9.17, 15) is 17.2 Å². The highest BCUT2D eigenvalue weighted by molar-refractivity contribution is 7.89. The first-order chi connectivity index (χ1) is 14.7. The summed E-state index contributed by atoms with van der Waals surface area (Å²) in [6.07, 6.45) is 0. The van der Waals surface area contributed by atoms with Crippen molar-refractivity contribution in [2.75, 3.05) is 26.2 Å². The van der Waals surface area contributed by atoms with Crippen molar-refractivity contribution in [2.24, 2.45) is 0 Å². The third-order valence-electron chi connectivity index (χ3n) is 5.41. The van der Waals surface area contributed by atoms with E-state index in [2.05, 4.69) is 9.88 Å². The van der Waals surface area contributed by atoms with Gasteiger partial charge in [0.25, 0.3) is 0 Å². The van der Waals surface area contributed by atoms with Crippen LogP contribution in [-0.2, 0) is 16.6 Å². The van der Waals surface area contributed by atoms with E-state index in [4.69, 9.17) is 4.42 Å². The zero-order valence-corrected chi connectivity index (χ0v) is 18.1. The fourth-order valence-corrected chi connectivity index (χ4v) is 5.05. The van der Waals surface area contributed by atoms with Crippen LogP contribution in [0, 0.1) is 25.5 Å². The molecule has 0 saturated carbocycles. The Hall–Kier alpha value is -2.62. The Balaban J connectivity index is 1.43. The van der Waals surface area contributed by atoms with Gasteiger partial charge < -0.3 is 4.42 Å². The van der Waals surface area contributed by atoms with Crippen LogP contribution in [0.1, 0.15) is 17.0 Å². The molecule has 0 spiro atoms. The lowest BCUT2D eigenvalue weighted by Crippen LogP contribution is -2.48. The first-order valence-electron chi connectivity index (χ1n) is 9.95. The van der Waals surface area contributed by atoms with E-state index in [-0.39, 0.29) is 13.1 Å². The average Bonchev–Trinajstić information content (AvgIpc) is 3.11. The van der Waals surface area contributed by atoms with Crippen molar-refractivity contribution in [3.63, 3.8) is 0 Å². The number of aromatic nitrogens is 1. The fraction of sp³-hybridized carbons (Fsp3) is 0.318. The monoisotopic (exact) mass is 447 g/mol. The van der Waals surface area contributed by atoms with Gasteiger partial charge in [0.05, 0.1) is 5.69 Å². The van der Waals surface area contributed by atoms with Crippen molar-refractivity contribution in [2.45, 2.75) is 25.3 Å². The SMILES string of the molecule is Cc1ccc(-c2nc(CN3CCN(S(=O)(=O)c4cc(F)ccc4F)CC3)c(C)o2)cc1. The van der Waals surface area contributed by atoms with Crippen LogP contribution < -0.4 is 0 Å². The van der Waals surface area contributed by atoms with Crippen LogP contribution in [0.2, 0.25) is 0 Å². The lowest BCUT2D eigenvalue weighted by Gasteiger charge is -2.33. The summed E-state index contributed by atoms with van der Waals surface area (Å²) < 4.78 is 59.9. The maximum Gasteiger partial charge on any atom is 0.246 e. The van der Waals surface area contributed by atoms with Gasteiger partial charge in [-0.15, -0.1) is 0 Å². The highest BCUT2D eigenvalue weighted by atomic mass is 32.2. The number of halogens is 2. The minimum Gasteiger partial charge on any atom is -0.441 e. The predicted molar refractivity (Wildman–Crippen MR) is 112 cm³/mol. The molecule has 1 aromatic heterocycles. The Kier molecular flexibility index (Phi) is 5.92. The molecule has 0 bridgehead atoms. The van der Waals surface area contributed by atoms with Crippen molar-refractivity contribution in [1.82, 2.24) is 14.2 Å². The molecule has 1 aliphatic heterocycles. The van der Waals surface area contributed by atoms with E-state index >= 15 is 0 Å². The summed E-state index contributed by atoms with van der Waals surface area (Å²) in [7, 11) is -4.10. The van der Waals surface area contributed by atoms with Gasteiger partial charge in [-0.05, 0) is 44.2 Å². The first-order valence-corrected chi connectivity index (χ1v) is 11.4. The van der Waals surface area contributed by atoms with Crippen LogP contribution >= 0.6 is 0 Å². The fourth-order valence-electron chi connectivity index (χ4n) is 3.55. The second-order valence-corrected chi connectivity index (χ2v) is 9.55. The molecule has 6 nitrogen and oxygen atoms in total. The van der Waals surface area contributed by atoms with E-state index in [1.807, 2.05) is 38.1 Å². The lowest BCUT2D eigenvalue weighted by atomic mass is 10.1. The Morgan fingerprint density at radius 1 is 1.00 bits per heavy atom. The molecule has 0 amide bonds. The van der Waals surface area contributed by atoms with Crippen molar-refractivity contribution in [1.29, 1.82) is 0 Å². The molecule has 0 radical (unpaired) electrons. The Morgan fingerprint density at radius 2 is 1.68 bits per heavy atom. The predicted octanol–water partition coefficient (Wildman–Crippen LogP) is 3.74. The van der Waals surface area contributed by atoms with Crippen molar-refractivity contribution >= 4 is 10.0 Å². The molecule has 1 fully saturated rings. The smallest absolute Gasteiger partial charge is 0.246 e. The number of aryl methyl sites for hydroxylation is 2. The molecule has 164 valence electrons. The van der Waals surface area contributed by atoms with Gasteiger partial charge in [0.2, 0.25) is 15.9 Å². The quantitative estimate of drug-likeness (QED) is 0.596. The Morgan fingerprint density at radius 3 is 2.35 bits per heavy atom. The molecule has 1 saturated heterocycles. The number of hydrogen-bond acceptors (Lipinski definition) is 5. The van der Waals surface area contributed by atoms with Crippen LogP contribution in [0.3, 0.4) is 0 Å². The third kappa shape index (κ3) is 4.53. The normalized spacial score (nSPS) is 16.0. The van der Waals surface area contributed by atoms with Crippen LogP contribution in [-0.4, -0.2) is 48.8 Å². The average molecular weight is 448 g/mol. The topological polar surface area (TPSA) is 66.7 Å². The Bertz CT molecular complexity index is 1190. The second-order valence-electron chi connectivity index (χ2n) is 7.64. The van der Waals surface area contributed by atoms with Crippen molar-refractivity contribution in [3.05, 3.63) is 71.1 Å². The molecular weight excluding hydrogens is 424 g/mol. The van der Waals surface area contributed by atoms with Gasteiger partial charge in [-0.2, -0.15) is 4.31 Å². The number of sulfonamides is 1. The van der Waals surface area contributed by atoms with E-state index in [0.717, 1.165) is 35.0 Å². The van der Waals surface area contributed by atoms with E-state index in [1.165, 1.54) is 4.31 Å². The van der Waals surface area contributed by atoms with Crippen LogP contribution in [0.15, 0.2) is 51.8 Å². The number of nitrogens with zero attached hydrogens (tertiary/aromatic N) is 3. The Labute approximate surface area is 180 Å². The standard InChI is InChI=1S/C22H23F2N3O3S/c1-15-3-5-17(6-4-15)22-25-20(16(2)30-22)14-26-9-11-27(12-10-26)31(28,29)21-13-18(23)7-8-19(21)24/h3-8,13H,9-12,14H2,1-2H3. The molecule has 2 heterocycles. The van der Waals surface area contributed by atoms with Gasteiger partial charge >= 0.3 is 0 Å². The molecule has 0 N–H and O–H groups in total. The van der Waals surface area contributed by atoms with Gasteiger partial charge in [0.1, 0.15) is 22.3 Å². The van der Waals surface area contributed by atoms with Gasteiger partial charge in [-0.25, -0.2) is 22.2 Å². The van der Waals surface area contributed by atoms with Crippen LogP contribution in [0.25, 0.3) is 11.5 Å². The first kappa shape index (κ1) is 21.6. The number of benzene rings is 2. The van der Waals surface area contributed by atoms with Gasteiger partial charge in [0, 0.05) is 38.3 Å². The summed E-state index contributed by atoms with van der Waals surface area (Å²) in [4.78, 5) is 6.05. The number of oxazole rings is 1. The number of rotatable bonds is 5. The molecule has 0 unspecified atom stereocenters. The summed E-state index contributed by atoms with van der Waals surface area (Å²) in [5.74, 6) is -0.474. The summed E-state index contributed by atoms with van der Waals surface area (Å²) in [5, 5.41) is 0. The van der Waals surface area contributed by atoms with Crippen molar-refractivity contribution in [3.8, 4) is 11.5 Å². The summed E-state index contributed by atoms with van der Waals surface area (Å²) in [5.41, 5.74) is 2.84. The maximum atomic E-state index is 14.0. The highest BCUT2D eigenvalue weighted by Crippen LogP contribution is 2.25. The molecule has 31 heavy (non-hydrogen) atoms.